The quantitative estimate of drug-likeness (QED) is 0.521. The lowest BCUT2D eigenvalue weighted by Crippen LogP contribution is -2.38. The number of carbonyl (C=O) groups is 2. The molecule has 1 N–H and O–H groups in total. The third-order valence-electron chi connectivity index (χ3n) is 5.37. The Labute approximate surface area is 211 Å². The van der Waals surface area contributed by atoms with Crippen molar-refractivity contribution in [3.63, 3.8) is 0 Å². The zero-order chi connectivity index (χ0) is 26.8. The molecule has 2 amide bonds. The van der Waals surface area contributed by atoms with Gasteiger partial charge in [0.05, 0.1) is 11.2 Å². The third kappa shape index (κ3) is 6.16. The molecular weight excluding hydrogens is 488 g/mol. The molecule has 1 aromatic carbocycles. The van der Waals surface area contributed by atoms with Gasteiger partial charge in [-0.3, -0.25) is 9.69 Å². The Kier molecular flexibility index (Phi) is 7.99. The number of ether oxygens (including phenoxy) is 3. The number of fused-ring (bicyclic) bond motifs is 1. The highest BCUT2D eigenvalue weighted by atomic mass is 32.2. The molecule has 0 radical (unpaired) electrons. The molecule has 198 valence electrons. The first-order valence-electron chi connectivity index (χ1n) is 11.7. The first kappa shape index (κ1) is 27.5. The van der Waals surface area contributed by atoms with E-state index in [1.807, 2.05) is 4.72 Å². The first-order valence-corrected chi connectivity index (χ1v) is 13.1. The summed E-state index contributed by atoms with van der Waals surface area (Å²) in [5.41, 5.74) is -0.155. The average molecular weight is 523 g/mol. The van der Waals surface area contributed by atoms with Crippen molar-refractivity contribution >= 4 is 44.6 Å². The van der Waals surface area contributed by atoms with Crippen LogP contribution >= 0.6 is 0 Å². The molecule has 1 aliphatic heterocycles. The van der Waals surface area contributed by atoms with Gasteiger partial charge < -0.3 is 14.2 Å². The van der Waals surface area contributed by atoms with Crippen molar-refractivity contribution in [3.8, 4) is 5.75 Å². The number of nitrogens with zero attached hydrogens (tertiary/aromatic N) is 3. The van der Waals surface area contributed by atoms with Crippen molar-refractivity contribution < 1.29 is 32.2 Å². The maximum Gasteiger partial charge on any atom is 0.416 e. The molecule has 1 aromatic heterocycles. The van der Waals surface area contributed by atoms with Crippen LogP contribution in [0.15, 0.2) is 24.3 Å². The van der Waals surface area contributed by atoms with Crippen molar-refractivity contribution in [2.24, 2.45) is 5.92 Å². The van der Waals surface area contributed by atoms with Gasteiger partial charge in [0.15, 0.2) is 6.79 Å². The van der Waals surface area contributed by atoms with Crippen LogP contribution in [-0.4, -0.2) is 57.5 Å². The largest absolute Gasteiger partial charge is 0.465 e. The summed E-state index contributed by atoms with van der Waals surface area (Å²) in [5, 5.41) is 0.644. The number of nitrogens with one attached hydrogen (secondary N) is 1. The number of carbonyl (C=O) groups excluding carboxylic acids is 2. The van der Waals surface area contributed by atoms with E-state index in [1.54, 1.807) is 39.0 Å². The summed E-state index contributed by atoms with van der Waals surface area (Å²) < 4.78 is 44.6. The van der Waals surface area contributed by atoms with Crippen LogP contribution in [0.1, 0.15) is 48.0 Å². The van der Waals surface area contributed by atoms with Gasteiger partial charge in [-0.05, 0) is 64.3 Å². The monoisotopic (exact) mass is 522 g/mol. The second kappa shape index (κ2) is 10.5. The fourth-order valence-corrected chi connectivity index (χ4v) is 5.04. The Hall–Kier alpha value is -3.12. The minimum atomic E-state index is -4.13. The summed E-state index contributed by atoms with van der Waals surface area (Å²) in [5.74, 6) is 0.253. The maximum absolute atomic E-state index is 13.0. The van der Waals surface area contributed by atoms with Crippen molar-refractivity contribution in [3.05, 3.63) is 24.3 Å². The van der Waals surface area contributed by atoms with Crippen LogP contribution < -0.4 is 18.7 Å². The summed E-state index contributed by atoms with van der Waals surface area (Å²) in [4.78, 5) is 31.3. The highest BCUT2D eigenvalue weighted by Gasteiger charge is 2.42. The van der Waals surface area contributed by atoms with Crippen molar-refractivity contribution in [1.82, 2.24) is 9.71 Å². The second-order valence-corrected chi connectivity index (χ2v) is 11.5. The predicted molar refractivity (Wildman–Crippen MR) is 136 cm³/mol. The van der Waals surface area contributed by atoms with Gasteiger partial charge in [0, 0.05) is 19.0 Å². The van der Waals surface area contributed by atoms with Crippen molar-refractivity contribution in [2.75, 3.05) is 29.7 Å². The fourth-order valence-electron chi connectivity index (χ4n) is 3.61. The second-order valence-electron chi connectivity index (χ2n) is 9.99. The molecule has 0 saturated carbocycles. The Bertz CT molecular complexity index is 1240. The Morgan fingerprint density at radius 2 is 1.94 bits per heavy atom. The Balaban J connectivity index is 2.13. The molecule has 3 rings (SSSR count). The highest BCUT2D eigenvalue weighted by molar-refractivity contribution is 7.92. The number of hydrogen-bond acceptors (Lipinski definition) is 8. The van der Waals surface area contributed by atoms with Gasteiger partial charge in [0.25, 0.3) is 5.91 Å². The lowest BCUT2D eigenvalue weighted by molar-refractivity contribution is -0.119. The smallest absolute Gasteiger partial charge is 0.416 e. The number of anilines is 2. The summed E-state index contributed by atoms with van der Waals surface area (Å²) in [6.07, 6.45) is 0.200. The van der Waals surface area contributed by atoms with Crippen molar-refractivity contribution in [2.45, 2.75) is 59.6 Å². The van der Waals surface area contributed by atoms with Gasteiger partial charge in [0.2, 0.25) is 0 Å². The number of amides is 2. The van der Waals surface area contributed by atoms with E-state index in [0.717, 1.165) is 10.7 Å². The molecule has 2 heterocycles. The van der Waals surface area contributed by atoms with E-state index in [1.165, 1.54) is 25.0 Å². The molecule has 1 saturated heterocycles. The third-order valence-corrected chi connectivity index (χ3v) is 6.86. The number of pyridine rings is 1. The maximum atomic E-state index is 13.0. The molecule has 12 heteroatoms. The number of methoxy groups -OCH3 is 1. The topological polar surface area (TPSA) is 127 Å². The van der Waals surface area contributed by atoms with Gasteiger partial charge in [-0.25, -0.2) is 18.8 Å². The van der Waals surface area contributed by atoms with Gasteiger partial charge in [0.1, 0.15) is 23.2 Å². The van der Waals surface area contributed by atoms with E-state index >= 15 is 0 Å². The number of benzene rings is 1. The zero-order valence-electron chi connectivity index (χ0n) is 21.7. The van der Waals surface area contributed by atoms with Crippen LogP contribution in [0.5, 0.6) is 5.75 Å². The van der Waals surface area contributed by atoms with E-state index in [0.29, 0.717) is 29.2 Å². The molecule has 0 aliphatic carbocycles. The summed E-state index contributed by atoms with van der Waals surface area (Å²) in [6.45, 7) is 11.2. The lowest BCUT2D eigenvalue weighted by atomic mass is 10.1. The van der Waals surface area contributed by atoms with E-state index in [2.05, 4.69) is 18.8 Å². The van der Waals surface area contributed by atoms with Gasteiger partial charge in [-0.2, -0.15) is 8.42 Å². The summed E-state index contributed by atoms with van der Waals surface area (Å²) in [7, 11) is -2.69. The molecule has 2 aromatic rings. The lowest BCUT2D eigenvalue weighted by Gasteiger charge is -2.27. The predicted octanol–water partition coefficient (Wildman–Crippen LogP) is 3.57. The first-order chi connectivity index (χ1) is 16.7. The van der Waals surface area contributed by atoms with Crippen LogP contribution in [-0.2, 0) is 24.5 Å². The average Bonchev–Trinajstić information content (AvgIpc) is 2.96. The van der Waals surface area contributed by atoms with E-state index in [9.17, 15) is 18.0 Å². The number of rotatable bonds is 8. The van der Waals surface area contributed by atoms with Gasteiger partial charge in [-0.15, -0.1) is 0 Å². The van der Waals surface area contributed by atoms with Crippen LogP contribution in [0.4, 0.5) is 16.3 Å². The Morgan fingerprint density at radius 3 is 2.50 bits per heavy atom. The minimum Gasteiger partial charge on any atom is -0.465 e. The van der Waals surface area contributed by atoms with Gasteiger partial charge in [-0.1, -0.05) is 13.8 Å². The molecule has 1 fully saturated rings. The van der Waals surface area contributed by atoms with Crippen molar-refractivity contribution in [1.29, 1.82) is 0 Å². The zero-order valence-corrected chi connectivity index (χ0v) is 22.5. The van der Waals surface area contributed by atoms with Crippen LogP contribution in [0.2, 0.25) is 0 Å². The fraction of sp³-hybridized carbons (Fsp3) is 0.542. The van der Waals surface area contributed by atoms with Crippen LogP contribution in [0.3, 0.4) is 0 Å². The normalized spacial score (nSPS) is 17.4. The molecule has 1 aliphatic rings. The summed E-state index contributed by atoms with van der Waals surface area (Å²) in [6, 6.07) is 5.61. The standard InChI is InChI=1S/C24H34N4O7S/c1-15(2)10-11-27(23(30)35-24(4,5)6)21-9-8-17-12-20(34-14-33-7)19(13-18(17)25-21)28-16(3)22(29)26-36(28,31)32/h8-9,12-13,15-16H,10-11,14H2,1-7H3,(H,26,29). The van der Waals surface area contributed by atoms with E-state index in [4.69, 9.17) is 14.2 Å². The van der Waals surface area contributed by atoms with Crippen LogP contribution in [0.25, 0.3) is 10.9 Å². The number of hydrogen-bond donors (Lipinski definition) is 1. The van der Waals surface area contributed by atoms with Gasteiger partial charge >= 0.3 is 16.3 Å². The molecule has 0 spiro atoms. The minimum absolute atomic E-state index is 0.126. The molecule has 0 bridgehead atoms. The molecule has 36 heavy (non-hydrogen) atoms. The highest BCUT2D eigenvalue weighted by Crippen LogP contribution is 2.37. The molecule has 1 atom stereocenters. The molecular formula is C24H34N4O7S. The molecule has 1 unspecified atom stereocenters. The van der Waals surface area contributed by atoms with E-state index in [-0.39, 0.29) is 18.2 Å². The van der Waals surface area contributed by atoms with Crippen LogP contribution in [0, 0.1) is 5.92 Å². The molecule has 11 nitrogen and oxygen atoms in total. The number of aromatic nitrogens is 1. The Morgan fingerprint density at radius 1 is 1.25 bits per heavy atom. The summed E-state index contributed by atoms with van der Waals surface area (Å²) >= 11 is 0. The SMILES string of the molecule is COCOc1cc2ccc(N(CCC(C)C)C(=O)OC(C)(C)C)nc2cc1N1C(C)C(=O)NS1(=O)=O. The van der Waals surface area contributed by atoms with E-state index < -0.39 is 33.9 Å².